The predicted octanol–water partition coefficient (Wildman–Crippen LogP) is 4.00. The summed E-state index contributed by atoms with van der Waals surface area (Å²) in [6, 6.07) is 12.8. The number of nitrogens with zero attached hydrogens (tertiary/aromatic N) is 2. The molecule has 4 rings (SSSR count). The smallest absolute Gasteiger partial charge is 0.270 e. The first kappa shape index (κ1) is 17.5. The standard InChI is InChI=1S/C21H23N3O3/c25-21(22-19-9-5-7-15-6-1-2-8-17(15)19)18-14-16(24(26)27)10-11-20(18)23-12-3-4-13-23/h1-2,6,8,10-11,14,19H,3-5,7,9,12-13H2,(H,22,25). The Morgan fingerprint density at radius 1 is 1.11 bits per heavy atom. The number of fused-ring (bicyclic) bond motifs is 1. The molecule has 1 fully saturated rings. The van der Waals surface area contributed by atoms with Gasteiger partial charge in [0.15, 0.2) is 0 Å². The number of carbonyl (C=O) groups is 1. The Morgan fingerprint density at radius 2 is 1.89 bits per heavy atom. The van der Waals surface area contributed by atoms with Crippen LogP contribution in [0.1, 0.15) is 53.2 Å². The van der Waals surface area contributed by atoms with Crippen molar-refractivity contribution in [1.82, 2.24) is 5.32 Å². The van der Waals surface area contributed by atoms with Gasteiger partial charge in [0.1, 0.15) is 0 Å². The largest absolute Gasteiger partial charge is 0.371 e. The number of non-ortho nitro benzene ring substituents is 1. The molecule has 1 amide bonds. The van der Waals surface area contributed by atoms with E-state index < -0.39 is 4.92 Å². The molecule has 2 aliphatic rings. The lowest BCUT2D eigenvalue weighted by Gasteiger charge is -2.27. The van der Waals surface area contributed by atoms with Gasteiger partial charge in [-0.2, -0.15) is 0 Å². The maximum atomic E-state index is 13.1. The Balaban J connectivity index is 1.65. The summed E-state index contributed by atoms with van der Waals surface area (Å²) in [7, 11) is 0. The number of nitro benzene ring substituents is 1. The first-order chi connectivity index (χ1) is 13.1. The van der Waals surface area contributed by atoms with Crippen molar-refractivity contribution in [2.45, 2.75) is 38.1 Å². The molecule has 1 saturated heterocycles. The molecule has 1 atom stereocenters. The van der Waals surface area contributed by atoms with Crippen molar-refractivity contribution < 1.29 is 9.72 Å². The number of nitrogens with one attached hydrogen (secondary N) is 1. The van der Waals surface area contributed by atoms with E-state index in [0.717, 1.165) is 56.4 Å². The second kappa shape index (κ2) is 7.39. The molecular formula is C21H23N3O3. The molecule has 1 aliphatic carbocycles. The Bertz CT molecular complexity index is 875. The minimum Gasteiger partial charge on any atom is -0.371 e. The molecule has 2 aromatic carbocycles. The second-order valence-corrected chi connectivity index (χ2v) is 7.27. The van der Waals surface area contributed by atoms with Crippen LogP contribution < -0.4 is 10.2 Å². The summed E-state index contributed by atoms with van der Waals surface area (Å²) < 4.78 is 0. The summed E-state index contributed by atoms with van der Waals surface area (Å²) in [5, 5.41) is 14.4. The molecule has 2 aromatic rings. The summed E-state index contributed by atoms with van der Waals surface area (Å²) in [6.07, 6.45) is 5.09. The van der Waals surface area contributed by atoms with E-state index >= 15 is 0 Å². The fourth-order valence-electron chi connectivity index (χ4n) is 4.19. The van der Waals surface area contributed by atoms with Gasteiger partial charge in [-0.25, -0.2) is 0 Å². The van der Waals surface area contributed by atoms with Crippen molar-refractivity contribution >= 4 is 17.3 Å². The third-order valence-electron chi connectivity index (χ3n) is 5.56. The molecule has 0 spiro atoms. The van der Waals surface area contributed by atoms with Crippen LogP contribution in [0.3, 0.4) is 0 Å². The van der Waals surface area contributed by atoms with Crippen LogP contribution in [0.25, 0.3) is 0 Å². The first-order valence-corrected chi connectivity index (χ1v) is 9.55. The van der Waals surface area contributed by atoms with Gasteiger partial charge in [0.2, 0.25) is 0 Å². The lowest BCUT2D eigenvalue weighted by molar-refractivity contribution is -0.384. The van der Waals surface area contributed by atoms with Crippen molar-refractivity contribution in [3.05, 3.63) is 69.3 Å². The summed E-state index contributed by atoms with van der Waals surface area (Å²) >= 11 is 0. The molecule has 140 valence electrons. The van der Waals surface area contributed by atoms with E-state index in [9.17, 15) is 14.9 Å². The van der Waals surface area contributed by atoms with Crippen LogP contribution in [0.4, 0.5) is 11.4 Å². The lowest BCUT2D eigenvalue weighted by Crippen LogP contribution is -2.32. The van der Waals surface area contributed by atoms with E-state index in [1.807, 2.05) is 12.1 Å². The number of hydrogen-bond donors (Lipinski definition) is 1. The number of nitro groups is 1. The fraction of sp³-hybridized carbons (Fsp3) is 0.381. The van der Waals surface area contributed by atoms with Crippen LogP contribution in [0.2, 0.25) is 0 Å². The summed E-state index contributed by atoms with van der Waals surface area (Å²) in [4.78, 5) is 26.0. The summed E-state index contributed by atoms with van der Waals surface area (Å²) in [5.74, 6) is -0.234. The van der Waals surface area contributed by atoms with E-state index in [4.69, 9.17) is 0 Å². The van der Waals surface area contributed by atoms with Crippen LogP contribution in [0.15, 0.2) is 42.5 Å². The third kappa shape index (κ3) is 3.52. The van der Waals surface area contributed by atoms with Crippen molar-refractivity contribution in [3.8, 4) is 0 Å². The molecule has 0 aromatic heterocycles. The molecule has 1 aliphatic heterocycles. The number of amides is 1. The number of rotatable bonds is 4. The van der Waals surface area contributed by atoms with Crippen molar-refractivity contribution in [1.29, 1.82) is 0 Å². The Hall–Kier alpha value is -2.89. The Kier molecular flexibility index (Phi) is 4.79. The highest BCUT2D eigenvalue weighted by Crippen LogP contribution is 2.32. The molecule has 6 heteroatoms. The molecule has 1 heterocycles. The zero-order valence-corrected chi connectivity index (χ0v) is 15.2. The Morgan fingerprint density at radius 3 is 2.67 bits per heavy atom. The van der Waals surface area contributed by atoms with Crippen molar-refractivity contribution in [2.75, 3.05) is 18.0 Å². The van der Waals surface area contributed by atoms with Crippen molar-refractivity contribution in [3.63, 3.8) is 0 Å². The summed E-state index contributed by atoms with van der Waals surface area (Å²) in [5.41, 5.74) is 3.57. The number of anilines is 1. The average Bonchev–Trinajstić information content (AvgIpc) is 3.22. The zero-order valence-electron chi connectivity index (χ0n) is 15.2. The van der Waals surface area contributed by atoms with E-state index in [2.05, 4.69) is 22.3 Å². The van der Waals surface area contributed by atoms with Crippen LogP contribution in [-0.2, 0) is 6.42 Å². The third-order valence-corrected chi connectivity index (χ3v) is 5.56. The van der Waals surface area contributed by atoms with Crippen LogP contribution >= 0.6 is 0 Å². The van der Waals surface area contributed by atoms with E-state index in [0.29, 0.717) is 5.56 Å². The van der Waals surface area contributed by atoms with E-state index in [-0.39, 0.29) is 17.6 Å². The quantitative estimate of drug-likeness (QED) is 0.656. The Labute approximate surface area is 158 Å². The minimum absolute atomic E-state index is 0.0480. The van der Waals surface area contributed by atoms with Gasteiger partial charge in [0.05, 0.1) is 22.2 Å². The highest BCUT2D eigenvalue weighted by molar-refractivity contribution is 6.00. The SMILES string of the molecule is O=C(NC1CCCc2ccccc21)c1cc([N+](=O)[O-])ccc1N1CCCC1. The van der Waals surface area contributed by atoms with E-state index in [1.165, 1.54) is 17.7 Å². The highest BCUT2D eigenvalue weighted by atomic mass is 16.6. The molecular weight excluding hydrogens is 342 g/mol. The molecule has 0 saturated carbocycles. The molecule has 0 bridgehead atoms. The monoisotopic (exact) mass is 365 g/mol. The first-order valence-electron chi connectivity index (χ1n) is 9.55. The zero-order chi connectivity index (χ0) is 18.8. The van der Waals surface area contributed by atoms with Gasteiger partial charge < -0.3 is 10.2 Å². The molecule has 6 nitrogen and oxygen atoms in total. The number of benzene rings is 2. The molecule has 0 radical (unpaired) electrons. The van der Waals surface area contributed by atoms with Gasteiger partial charge in [-0.3, -0.25) is 14.9 Å². The highest BCUT2D eigenvalue weighted by Gasteiger charge is 2.26. The number of hydrogen-bond acceptors (Lipinski definition) is 4. The molecule has 1 N–H and O–H groups in total. The maximum absolute atomic E-state index is 13.1. The summed E-state index contributed by atoms with van der Waals surface area (Å²) in [6.45, 7) is 1.76. The van der Waals surface area contributed by atoms with Gasteiger partial charge in [0.25, 0.3) is 11.6 Å². The van der Waals surface area contributed by atoms with Crippen LogP contribution in [-0.4, -0.2) is 23.9 Å². The van der Waals surface area contributed by atoms with Gasteiger partial charge in [-0.05, 0) is 49.3 Å². The fourth-order valence-corrected chi connectivity index (χ4v) is 4.19. The van der Waals surface area contributed by atoms with Gasteiger partial charge >= 0.3 is 0 Å². The van der Waals surface area contributed by atoms with Gasteiger partial charge in [-0.15, -0.1) is 0 Å². The maximum Gasteiger partial charge on any atom is 0.270 e. The minimum atomic E-state index is -0.444. The number of aryl methyl sites for hydroxylation is 1. The van der Waals surface area contributed by atoms with Crippen LogP contribution in [0.5, 0.6) is 0 Å². The normalized spacial score (nSPS) is 18.8. The predicted molar refractivity (Wildman–Crippen MR) is 104 cm³/mol. The topological polar surface area (TPSA) is 75.5 Å². The van der Waals surface area contributed by atoms with Gasteiger partial charge in [0, 0.05) is 25.2 Å². The second-order valence-electron chi connectivity index (χ2n) is 7.27. The molecule has 1 unspecified atom stereocenters. The van der Waals surface area contributed by atoms with Crippen LogP contribution in [0, 0.1) is 10.1 Å². The average molecular weight is 365 g/mol. The molecule has 27 heavy (non-hydrogen) atoms. The van der Waals surface area contributed by atoms with E-state index in [1.54, 1.807) is 6.07 Å². The number of carbonyl (C=O) groups excluding carboxylic acids is 1. The lowest BCUT2D eigenvalue weighted by atomic mass is 9.87. The van der Waals surface area contributed by atoms with Gasteiger partial charge in [-0.1, -0.05) is 24.3 Å². The van der Waals surface area contributed by atoms with Crippen molar-refractivity contribution in [2.24, 2.45) is 0 Å².